The SMILES string of the molecule is Cc1[nH]nc2c1CN(c1nc(NCc3c(F)cccc3C(F)(F)F)c3cccc(C(N)=O)c3n1)C2C. The molecule has 0 spiro atoms. The zero-order valence-corrected chi connectivity index (χ0v) is 19.2. The van der Waals surface area contributed by atoms with E-state index in [1.165, 1.54) is 6.07 Å². The second kappa shape index (κ2) is 8.47. The summed E-state index contributed by atoms with van der Waals surface area (Å²) in [7, 11) is 0. The molecule has 1 amide bonds. The molecule has 36 heavy (non-hydrogen) atoms. The Kier molecular flexibility index (Phi) is 5.53. The normalized spacial score (nSPS) is 15.4. The average molecular weight is 499 g/mol. The van der Waals surface area contributed by atoms with Crippen LogP contribution in [0.2, 0.25) is 0 Å². The fourth-order valence-electron chi connectivity index (χ4n) is 4.49. The van der Waals surface area contributed by atoms with Gasteiger partial charge >= 0.3 is 6.18 Å². The molecule has 1 unspecified atom stereocenters. The van der Waals surface area contributed by atoms with E-state index in [1.54, 1.807) is 12.1 Å². The van der Waals surface area contributed by atoms with Crippen molar-refractivity contribution in [2.24, 2.45) is 5.73 Å². The van der Waals surface area contributed by atoms with Gasteiger partial charge in [-0.15, -0.1) is 0 Å². The molecule has 0 radical (unpaired) electrons. The number of aromatic amines is 1. The molecule has 1 aliphatic heterocycles. The van der Waals surface area contributed by atoms with E-state index in [0.29, 0.717) is 11.9 Å². The number of H-pyrrole nitrogens is 1. The summed E-state index contributed by atoms with van der Waals surface area (Å²) in [6.07, 6.45) is -4.74. The molecule has 0 fully saturated rings. The first-order valence-electron chi connectivity index (χ1n) is 11.1. The first kappa shape index (κ1) is 23.5. The lowest BCUT2D eigenvalue weighted by Gasteiger charge is -2.23. The van der Waals surface area contributed by atoms with Gasteiger partial charge in [-0.25, -0.2) is 9.37 Å². The van der Waals surface area contributed by atoms with Crippen molar-refractivity contribution in [2.75, 3.05) is 10.2 Å². The van der Waals surface area contributed by atoms with Crippen LogP contribution in [0, 0.1) is 12.7 Å². The van der Waals surface area contributed by atoms with Crippen LogP contribution in [0.1, 0.15) is 51.4 Å². The summed E-state index contributed by atoms with van der Waals surface area (Å²) in [4.78, 5) is 23.2. The monoisotopic (exact) mass is 499 g/mol. The summed E-state index contributed by atoms with van der Waals surface area (Å²) in [5.74, 6) is -1.34. The van der Waals surface area contributed by atoms with Gasteiger partial charge in [-0.2, -0.15) is 23.3 Å². The number of carbonyl (C=O) groups is 1. The second-order valence-corrected chi connectivity index (χ2v) is 8.57. The molecule has 2 aromatic heterocycles. The average Bonchev–Trinajstić information content (AvgIpc) is 3.36. The van der Waals surface area contributed by atoms with E-state index in [0.717, 1.165) is 35.2 Å². The number of halogens is 4. The van der Waals surface area contributed by atoms with Crippen LogP contribution in [0.4, 0.5) is 29.3 Å². The number of anilines is 2. The number of nitrogens with two attached hydrogens (primary N) is 1. The maximum Gasteiger partial charge on any atom is 0.416 e. The van der Waals surface area contributed by atoms with Gasteiger partial charge in [0.15, 0.2) is 0 Å². The van der Waals surface area contributed by atoms with Gasteiger partial charge in [0.05, 0.1) is 34.9 Å². The van der Waals surface area contributed by atoms with Crippen LogP contribution in [-0.4, -0.2) is 26.1 Å². The molecule has 0 saturated carbocycles. The third-order valence-electron chi connectivity index (χ3n) is 6.39. The number of hydrogen-bond acceptors (Lipinski definition) is 6. The van der Waals surface area contributed by atoms with E-state index in [1.807, 2.05) is 18.7 Å². The van der Waals surface area contributed by atoms with Gasteiger partial charge in [-0.1, -0.05) is 12.1 Å². The first-order valence-corrected chi connectivity index (χ1v) is 11.1. The third-order valence-corrected chi connectivity index (χ3v) is 6.39. The number of nitrogens with zero attached hydrogens (tertiary/aromatic N) is 4. The van der Waals surface area contributed by atoms with Gasteiger partial charge < -0.3 is 16.0 Å². The zero-order chi connectivity index (χ0) is 25.8. The summed E-state index contributed by atoms with van der Waals surface area (Å²) in [5.41, 5.74) is 7.01. The number of rotatable bonds is 5. The molecule has 0 bridgehead atoms. The molecule has 0 aliphatic carbocycles. The second-order valence-electron chi connectivity index (χ2n) is 8.57. The number of nitrogens with one attached hydrogen (secondary N) is 2. The lowest BCUT2D eigenvalue weighted by Crippen LogP contribution is -2.23. The molecule has 1 atom stereocenters. The predicted octanol–water partition coefficient (Wildman–Crippen LogP) is 4.61. The predicted molar refractivity (Wildman–Crippen MR) is 125 cm³/mol. The van der Waals surface area contributed by atoms with Crippen LogP contribution in [0.25, 0.3) is 10.9 Å². The molecule has 8 nitrogen and oxygen atoms in total. The first-order chi connectivity index (χ1) is 17.1. The maximum atomic E-state index is 14.4. The largest absolute Gasteiger partial charge is 0.416 e. The smallest absolute Gasteiger partial charge is 0.366 e. The number of para-hydroxylation sites is 1. The highest BCUT2D eigenvalue weighted by Gasteiger charge is 2.35. The molecular formula is C24H21F4N7O. The van der Waals surface area contributed by atoms with Crippen molar-refractivity contribution in [3.05, 3.63) is 75.9 Å². The number of alkyl halides is 3. The molecular weight excluding hydrogens is 478 g/mol. The summed E-state index contributed by atoms with van der Waals surface area (Å²) in [5, 5.41) is 10.5. The Labute approximate surface area is 202 Å². The minimum atomic E-state index is -4.74. The van der Waals surface area contributed by atoms with E-state index < -0.39 is 35.6 Å². The number of fused-ring (bicyclic) bond motifs is 2. The standard InChI is InChI=1S/C24H21F4N7O/c1-11-16-10-35(12(2)19(16)34-33-11)23-31-20-13(21(29)36)5-3-6-14(20)22(32-23)30-9-15-17(24(26,27)28)7-4-8-18(15)25/h3-8,12H,9-10H2,1-2H3,(H2,29,36)(H,33,34)(H,30,31,32). The highest BCUT2D eigenvalue weighted by molar-refractivity contribution is 6.07. The van der Waals surface area contributed by atoms with Crippen LogP contribution < -0.4 is 16.0 Å². The molecule has 4 N–H and O–H groups in total. The quantitative estimate of drug-likeness (QED) is 0.346. The van der Waals surface area contributed by atoms with Crippen LogP contribution in [0.3, 0.4) is 0 Å². The van der Waals surface area contributed by atoms with E-state index in [9.17, 15) is 22.4 Å². The van der Waals surface area contributed by atoms with Crippen LogP contribution in [-0.2, 0) is 19.3 Å². The Morgan fingerprint density at radius 2 is 1.97 bits per heavy atom. The molecule has 1 aliphatic rings. The molecule has 3 heterocycles. The van der Waals surface area contributed by atoms with Gasteiger partial charge in [0.1, 0.15) is 11.6 Å². The topological polar surface area (TPSA) is 113 Å². The zero-order valence-electron chi connectivity index (χ0n) is 19.2. The molecule has 5 rings (SSSR count). The van der Waals surface area contributed by atoms with Crippen LogP contribution in [0.15, 0.2) is 36.4 Å². The molecule has 4 aromatic rings. The van der Waals surface area contributed by atoms with E-state index in [-0.39, 0.29) is 28.9 Å². The minimum absolute atomic E-state index is 0.127. The number of carbonyl (C=O) groups excluding carboxylic acids is 1. The molecule has 0 saturated heterocycles. The summed E-state index contributed by atoms with van der Waals surface area (Å²) in [6, 6.07) is 7.28. The van der Waals surface area contributed by atoms with Crippen molar-refractivity contribution in [1.82, 2.24) is 20.2 Å². The van der Waals surface area contributed by atoms with Crippen molar-refractivity contribution >= 4 is 28.6 Å². The number of hydrogen-bond donors (Lipinski definition) is 3. The fourth-order valence-corrected chi connectivity index (χ4v) is 4.49. The van der Waals surface area contributed by atoms with Gasteiger partial charge in [-0.3, -0.25) is 9.89 Å². The van der Waals surface area contributed by atoms with Gasteiger partial charge in [-0.05, 0) is 38.1 Å². The van der Waals surface area contributed by atoms with Crippen molar-refractivity contribution in [2.45, 2.75) is 39.2 Å². The Hall–Kier alpha value is -4.22. The third kappa shape index (κ3) is 3.88. The number of amides is 1. The van der Waals surface area contributed by atoms with Crippen molar-refractivity contribution in [3.63, 3.8) is 0 Å². The summed E-state index contributed by atoms with van der Waals surface area (Å²) < 4.78 is 55.0. The van der Waals surface area contributed by atoms with E-state index in [4.69, 9.17) is 5.73 Å². The Bertz CT molecular complexity index is 1500. The Morgan fingerprint density at radius 3 is 2.67 bits per heavy atom. The van der Waals surface area contributed by atoms with E-state index >= 15 is 0 Å². The van der Waals surface area contributed by atoms with Gasteiger partial charge in [0.2, 0.25) is 5.95 Å². The molecule has 186 valence electrons. The number of primary amides is 1. The lowest BCUT2D eigenvalue weighted by molar-refractivity contribution is -0.138. The number of aromatic nitrogens is 4. The van der Waals surface area contributed by atoms with Crippen LogP contribution in [0.5, 0.6) is 0 Å². The minimum Gasteiger partial charge on any atom is -0.366 e. The fraction of sp³-hybridized carbons (Fsp3) is 0.250. The van der Waals surface area contributed by atoms with E-state index in [2.05, 4.69) is 25.5 Å². The number of benzene rings is 2. The van der Waals surface area contributed by atoms with Crippen molar-refractivity contribution in [1.29, 1.82) is 0 Å². The Balaban J connectivity index is 1.60. The maximum absolute atomic E-state index is 14.4. The van der Waals surface area contributed by atoms with Crippen LogP contribution >= 0.6 is 0 Å². The van der Waals surface area contributed by atoms with Gasteiger partial charge in [0.25, 0.3) is 5.91 Å². The highest BCUT2D eigenvalue weighted by Crippen LogP contribution is 2.38. The summed E-state index contributed by atoms with van der Waals surface area (Å²) >= 11 is 0. The van der Waals surface area contributed by atoms with Crippen molar-refractivity contribution in [3.8, 4) is 0 Å². The molecule has 2 aromatic carbocycles. The highest BCUT2D eigenvalue weighted by atomic mass is 19.4. The van der Waals surface area contributed by atoms with Crippen molar-refractivity contribution < 1.29 is 22.4 Å². The lowest BCUT2D eigenvalue weighted by atomic mass is 10.1. The Morgan fingerprint density at radius 1 is 1.22 bits per heavy atom. The van der Waals surface area contributed by atoms with Gasteiger partial charge in [0, 0.05) is 28.8 Å². The summed E-state index contributed by atoms with van der Waals surface area (Å²) in [6.45, 7) is 3.76. The number of aryl methyl sites for hydroxylation is 1. The molecule has 12 heteroatoms.